The first-order chi connectivity index (χ1) is 21.4. The van der Waals surface area contributed by atoms with Crippen LogP contribution in [0, 0.1) is 0 Å². The Kier molecular flexibility index (Phi) is 16.2. The highest BCUT2D eigenvalue weighted by atomic mass is 16.7. The highest BCUT2D eigenvalue weighted by Crippen LogP contribution is 2.35. The Bertz CT molecular complexity index is 1130. The van der Waals surface area contributed by atoms with E-state index in [4.69, 9.17) is 37.9 Å². The Labute approximate surface area is 264 Å². The zero-order valence-electron chi connectivity index (χ0n) is 27.0. The van der Waals surface area contributed by atoms with Crippen molar-refractivity contribution in [3.05, 3.63) is 23.8 Å². The molecule has 1 aromatic rings. The smallest absolute Gasteiger partial charge is 0.306 e. The van der Waals surface area contributed by atoms with E-state index in [1.165, 1.54) is 39.7 Å². The van der Waals surface area contributed by atoms with Crippen molar-refractivity contribution in [2.45, 2.75) is 123 Å². The van der Waals surface area contributed by atoms with Crippen LogP contribution in [0.3, 0.4) is 0 Å². The molecule has 0 aromatic heterocycles. The minimum Gasteiger partial charge on any atom is -0.493 e. The van der Waals surface area contributed by atoms with Crippen LogP contribution in [-0.4, -0.2) is 74.3 Å². The molecule has 1 aliphatic rings. The number of unbranched alkanes of at least 4 members (excludes halogenated alkanes) is 6. The third-order valence-electron chi connectivity index (χ3n) is 6.80. The lowest BCUT2D eigenvalue weighted by Gasteiger charge is -2.44. The summed E-state index contributed by atoms with van der Waals surface area (Å²) in [6, 6.07) is 4.82. The zero-order chi connectivity index (χ0) is 33.4. The molecule has 1 heterocycles. The molecule has 1 saturated heterocycles. The molecule has 0 unspecified atom stereocenters. The van der Waals surface area contributed by atoms with Crippen LogP contribution in [0.2, 0.25) is 0 Å². The van der Waals surface area contributed by atoms with Crippen LogP contribution in [0.5, 0.6) is 11.5 Å². The SMILES string of the molecule is CCCCCCCCCC(=O)OCc1ccc(O[C@@H]2O[C@H](COC(C)=O)[C@@H](OC(C)=O)[C@H](OC(C)=O)[C@H]2OC(C)=O)c(OC)c1. The largest absolute Gasteiger partial charge is 0.493 e. The first-order valence-corrected chi connectivity index (χ1v) is 15.2. The third kappa shape index (κ3) is 13.3. The summed E-state index contributed by atoms with van der Waals surface area (Å²) in [6.07, 6.45) is 1.34. The highest BCUT2D eigenvalue weighted by molar-refractivity contribution is 5.69. The summed E-state index contributed by atoms with van der Waals surface area (Å²) in [4.78, 5) is 59.9. The maximum Gasteiger partial charge on any atom is 0.306 e. The first kappa shape index (κ1) is 37.3. The van der Waals surface area contributed by atoms with Gasteiger partial charge in [0, 0.05) is 34.1 Å². The molecule has 0 radical (unpaired) electrons. The number of rotatable bonds is 18. The maximum atomic E-state index is 12.3. The predicted molar refractivity (Wildman–Crippen MR) is 158 cm³/mol. The molecule has 13 heteroatoms. The number of methoxy groups -OCH3 is 1. The number of carbonyl (C=O) groups excluding carboxylic acids is 5. The van der Waals surface area contributed by atoms with Crippen LogP contribution in [0.25, 0.3) is 0 Å². The standard InChI is InChI=1S/C32H46O13/c1-7-8-9-10-11-12-13-14-28(37)40-18-24-15-16-25(26(17-24)38-6)44-32-31(43-23(5)36)30(42-22(4)35)29(41-21(3)34)27(45-32)19-39-20(2)33/h15-17,27,29-32H,7-14,18-19H2,1-6H3/t27-,29-,30+,31-,32-/m1/s1. The van der Waals surface area contributed by atoms with E-state index >= 15 is 0 Å². The van der Waals surface area contributed by atoms with Crippen LogP contribution in [0.4, 0.5) is 0 Å². The van der Waals surface area contributed by atoms with E-state index in [0.717, 1.165) is 40.0 Å². The van der Waals surface area contributed by atoms with Gasteiger partial charge in [-0.05, 0) is 24.1 Å². The van der Waals surface area contributed by atoms with Gasteiger partial charge >= 0.3 is 29.8 Å². The topological polar surface area (TPSA) is 159 Å². The molecule has 0 amide bonds. The molecule has 0 aliphatic carbocycles. The fourth-order valence-corrected chi connectivity index (χ4v) is 4.77. The summed E-state index contributed by atoms with van der Waals surface area (Å²) in [7, 11) is 1.41. The second-order valence-electron chi connectivity index (χ2n) is 10.7. The van der Waals surface area contributed by atoms with Crippen molar-refractivity contribution in [3.8, 4) is 11.5 Å². The van der Waals surface area contributed by atoms with Gasteiger partial charge in [0.05, 0.1) is 7.11 Å². The second-order valence-corrected chi connectivity index (χ2v) is 10.7. The van der Waals surface area contributed by atoms with Gasteiger partial charge in [0.2, 0.25) is 12.4 Å². The van der Waals surface area contributed by atoms with E-state index in [-0.39, 0.29) is 24.1 Å². The lowest BCUT2D eigenvalue weighted by atomic mass is 9.98. The highest BCUT2D eigenvalue weighted by Gasteiger charge is 2.53. The van der Waals surface area contributed by atoms with Gasteiger partial charge in [-0.15, -0.1) is 0 Å². The number of ether oxygens (including phenoxy) is 8. The quantitative estimate of drug-likeness (QED) is 0.127. The Morgan fingerprint density at radius 1 is 0.711 bits per heavy atom. The fraction of sp³-hybridized carbons (Fsp3) is 0.656. The molecular weight excluding hydrogens is 592 g/mol. The molecule has 1 fully saturated rings. The molecule has 0 N–H and O–H groups in total. The van der Waals surface area contributed by atoms with Crippen molar-refractivity contribution in [2.24, 2.45) is 0 Å². The van der Waals surface area contributed by atoms with Crippen molar-refractivity contribution < 1.29 is 61.9 Å². The normalized spacial score (nSPS) is 20.8. The molecule has 45 heavy (non-hydrogen) atoms. The predicted octanol–water partition coefficient (Wildman–Crippen LogP) is 4.34. The number of esters is 5. The van der Waals surface area contributed by atoms with Crippen molar-refractivity contribution in [1.29, 1.82) is 0 Å². The van der Waals surface area contributed by atoms with Gasteiger partial charge in [0.1, 0.15) is 19.3 Å². The number of hydrogen-bond acceptors (Lipinski definition) is 13. The van der Waals surface area contributed by atoms with Gasteiger partial charge in [-0.2, -0.15) is 0 Å². The van der Waals surface area contributed by atoms with Gasteiger partial charge in [-0.1, -0.05) is 51.5 Å². The summed E-state index contributed by atoms with van der Waals surface area (Å²) in [5.74, 6) is -2.79. The van der Waals surface area contributed by atoms with Crippen molar-refractivity contribution >= 4 is 29.8 Å². The lowest BCUT2D eigenvalue weighted by Crippen LogP contribution is -2.63. The molecule has 2 rings (SSSR count). The average molecular weight is 639 g/mol. The van der Waals surface area contributed by atoms with E-state index < -0.39 is 61.2 Å². The van der Waals surface area contributed by atoms with Gasteiger partial charge < -0.3 is 37.9 Å². The molecule has 1 aromatic carbocycles. The van der Waals surface area contributed by atoms with Crippen LogP contribution < -0.4 is 9.47 Å². The van der Waals surface area contributed by atoms with E-state index in [1.807, 2.05) is 0 Å². The zero-order valence-corrected chi connectivity index (χ0v) is 27.0. The summed E-state index contributed by atoms with van der Waals surface area (Å²) >= 11 is 0. The van der Waals surface area contributed by atoms with Gasteiger partial charge in [-0.25, -0.2) is 0 Å². The summed E-state index contributed by atoms with van der Waals surface area (Å²) in [6.45, 7) is 6.39. The number of carbonyl (C=O) groups is 5. The fourth-order valence-electron chi connectivity index (χ4n) is 4.77. The van der Waals surface area contributed by atoms with E-state index in [1.54, 1.807) is 18.2 Å². The minimum atomic E-state index is -1.43. The monoisotopic (exact) mass is 638 g/mol. The Morgan fingerprint density at radius 2 is 1.31 bits per heavy atom. The molecule has 13 nitrogen and oxygen atoms in total. The molecule has 0 spiro atoms. The van der Waals surface area contributed by atoms with Crippen LogP contribution in [-0.2, 0) is 59.0 Å². The van der Waals surface area contributed by atoms with Gasteiger partial charge in [-0.3, -0.25) is 24.0 Å². The Hall–Kier alpha value is -3.87. The maximum absolute atomic E-state index is 12.3. The second kappa shape index (κ2) is 19.5. The van der Waals surface area contributed by atoms with E-state index in [2.05, 4.69) is 6.92 Å². The van der Waals surface area contributed by atoms with Crippen LogP contribution in [0.1, 0.15) is 91.5 Å². The third-order valence-corrected chi connectivity index (χ3v) is 6.80. The molecule has 1 aliphatic heterocycles. The number of hydrogen-bond donors (Lipinski definition) is 0. The molecular formula is C32H46O13. The number of benzene rings is 1. The summed E-state index contributed by atoms with van der Waals surface area (Å²) < 4.78 is 44.3. The van der Waals surface area contributed by atoms with Gasteiger partial charge in [0.15, 0.2) is 23.7 Å². The molecule has 252 valence electrons. The summed E-state index contributed by atoms with van der Waals surface area (Å²) in [5.41, 5.74) is 0.633. The average Bonchev–Trinajstić information content (AvgIpc) is 2.97. The van der Waals surface area contributed by atoms with Crippen molar-refractivity contribution in [1.82, 2.24) is 0 Å². The molecule has 0 saturated carbocycles. The lowest BCUT2D eigenvalue weighted by molar-refractivity contribution is -0.288. The van der Waals surface area contributed by atoms with Crippen molar-refractivity contribution in [2.75, 3.05) is 13.7 Å². The van der Waals surface area contributed by atoms with Crippen LogP contribution >= 0.6 is 0 Å². The molecule has 5 atom stereocenters. The molecule has 0 bridgehead atoms. The van der Waals surface area contributed by atoms with Crippen LogP contribution in [0.15, 0.2) is 18.2 Å². The van der Waals surface area contributed by atoms with Gasteiger partial charge in [0.25, 0.3) is 0 Å². The van der Waals surface area contributed by atoms with E-state index in [0.29, 0.717) is 12.0 Å². The van der Waals surface area contributed by atoms with Crippen molar-refractivity contribution in [3.63, 3.8) is 0 Å². The summed E-state index contributed by atoms with van der Waals surface area (Å²) in [5, 5.41) is 0. The first-order valence-electron chi connectivity index (χ1n) is 15.2. The Morgan fingerprint density at radius 3 is 1.91 bits per heavy atom. The van der Waals surface area contributed by atoms with E-state index in [9.17, 15) is 24.0 Å². The minimum absolute atomic E-state index is 0.0189. The Balaban J connectivity index is 2.20.